The van der Waals surface area contributed by atoms with E-state index in [1.807, 2.05) is 17.5 Å². The molecular weight excluding hydrogens is 246 g/mol. The third kappa shape index (κ3) is 3.69. The smallest absolute Gasteiger partial charge is 0.246 e. The first-order valence-corrected chi connectivity index (χ1v) is 5.70. The van der Waals surface area contributed by atoms with Gasteiger partial charge in [0.1, 0.15) is 4.99 Å². The highest BCUT2D eigenvalue weighted by atomic mass is 32.1. The average molecular weight is 257 g/mol. The molecular formula is C9H11N3O2S2. The van der Waals surface area contributed by atoms with Crippen LogP contribution in [0.15, 0.2) is 17.5 Å². The minimum atomic E-state index is -0.607. The number of nitrogens with two attached hydrogens (primary N) is 2. The molecule has 16 heavy (non-hydrogen) atoms. The molecule has 0 bridgehead atoms. The average Bonchev–Trinajstić information content (AvgIpc) is 2.68. The summed E-state index contributed by atoms with van der Waals surface area (Å²) in [6, 6.07) is 3.67. The van der Waals surface area contributed by atoms with Crippen molar-refractivity contribution in [2.45, 2.75) is 12.8 Å². The van der Waals surface area contributed by atoms with Gasteiger partial charge in [-0.05, 0) is 11.4 Å². The lowest BCUT2D eigenvalue weighted by atomic mass is 10.3. The van der Waals surface area contributed by atoms with E-state index in [1.165, 1.54) is 11.3 Å². The molecule has 0 spiro atoms. The number of primary amides is 1. The molecule has 4 N–H and O–H groups in total. The standard InChI is InChI=1S/C9H11N3O2S2/c10-7(13)5-9(15)12(11)8(14)4-6-2-1-3-16-6/h1-3H,4-5,11H2,(H2,10,13). The lowest BCUT2D eigenvalue weighted by molar-refractivity contribution is -0.126. The first-order valence-electron chi connectivity index (χ1n) is 4.42. The molecule has 0 radical (unpaired) electrons. The predicted octanol–water partition coefficient (Wildman–Crippen LogP) is 0.196. The van der Waals surface area contributed by atoms with Gasteiger partial charge in [-0.3, -0.25) is 9.59 Å². The maximum atomic E-state index is 11.6. The zero-order chi connectivity index (χ0) is 12.1. The van der Waals surface area contributed by atoms with Gasteiger partial charge in [0, 0.05) is 4.88 Å². The highest BCUT2D eigenvalue weighted by Crippen LogP contribution is 2.10. The van der Waals surface area contributed by atoms with E-state index in [9.17, 15) is 9.59 Å². The number of carbonyl (C=O) groups excluding carboxylic acids is 2. The summed E-state index contributed by atoms with van der Waals surface area (Å²) in [7, 11) is 0. The summed E-state index contributed by atoms with van der Waals surface area (Å²) < 4.78 is 0. The van der Waals surface area contributed by atoms with Crippen LogP contribution < -0.4 is 11.6 Å². The minimum absolute atomic E-state index is 0.0362. The Hall–Kier alpha value is -1.31. The van der Waals surface area contributed by atoms with Crippen molar-refractivity contribution in [2.24, 2.45) is 11.6 Å². The van der Waals surface area contributed by atoms with Crippen molar-refractivity contribution in [3.8, 4) is 0 Å². The number of rotatable bonds is 4. The number of thiophene rings is 1. The maximum Gasteiger partial charge on any atom is 0.246 e. The lowest BCUT2D eigenvalue weighted by Crippen LogP contribution is -2.43. The van der Waals surface area contributed by atoms with Gasteiger partial charge >= 0.3 is 0 Å². The van der Waals surface area contributed by atoms with E-state index in [0.717, 1.165) is 9.89 Å². The topological polar surface area (TPSA) is 89.4 Å². The number of hydrogen-bond donors (Lipinski definition) is 2. The van der Waals surface area contributed by atoms with Crippen LogP contribution in [0.5, 0.6) is 0 Å². The van der Waals surface area contributed by atoms with Gasteiger partial charge in [0.25, 0.3) is 0 Å². The number of nitrogens with zero attached hydrogens (tertiary/aromatic N) is 1. The number of carbonyl (C=O) groups is 2. The molecule has 0 atom stereocenters. The molecule has 2 amide bonds. The second kappa shape index (κ2) is 5.69. The molecule has 7 heteroatoms. The number of thiocarbonyl (C=S) groups is 1. The SMILES string of the molecule is NC(=O)CC(=S)N(N)C(=O)Cc1cccs1. The van der Waals surface area contributed by atoms with E-state index < -0.39 is 5.91 Å². The van der Waals surface area contributed by atoms with Gasteiger partial charge in [0.2, 0.25) is 11.8 Å². The summed E-state index contributed by atoms with van der Waals surface area (Å²) in [6.45, 7) is 0. The summed E-state index contributed by atoms with van der Waals surface area (Å²) in [6.07, 6.45) is -0.0188. The van der Waals surface area contributed by atoms with E-state index >= 15 is 0 Å². The molecule has 1 rings (SSSR count). The normalized spacial score (nSPS) is 9.81. The van der Waals surface area contributed by atoms with Crippen LogP contribution in [0.4, 0.5) is 0 Å². The molecule has 0 aliphatic carbocycles. The van der Waals surface area contributed by atoms with Gasteiger partial charge in [0.05, 0.1) is 12.8 Å². The third-order valence-electron chi connectivity index (χ3n) is 1.77. The van der Waals surface area contributed by atoms with Crippen LogP contribution in [0.3, 0.4) is 0 Å². The minimum Gasteiger partial charge on any atom is -0.369 e. The monoisotopic (exact) mass is 257 g/mol. The Bertz CT molecular complexity index is 403. The van der Waals surface area contributed by atoms with Crippen LogP contribution in [0.25, 0.3) is 0 Å². The fourth-order valence-electron chi connectivity index (χ4n) is 1.02. The zero-order valence-electron chi connectivity index (χ0n) is 8.38. The van der Waals surface area contributed by atoms with Crippen LogP contribution in [-0.2, 0) is 16.0 Å². The van der Waals surface area contributed by atoms with Gasteiger partial charge in [-0.25, -0.2) is 10.9 Å². The maximum absolute atomic E-state index is 11.6. The molecule has 5 nitrogen and oxygen atoms in total. The third-order valence-corrected chi connectivity index (χ3v) is 2.99. The molecule has 0 saturated heterocycles. The molecule has 1 aromatic rings. The van der Waals surface area contributed by atoms with Crippen molar-refractivity contribution in [1.82, 2.24) is 5.01 Å². The van der Waals surface area contributed by atoms with Crippen LogP contribution >= 0.6 is 23.6 Å². The van der Waals surface area contributed by atoms with E-state index in [-0.39, 0.29) is 23.7 Å². The highest BCUT2D eigenvalue weighted by molar-refractivity contribution is 7.80. The van der Waals surface area contributed by atoms with Crippen LogP contribution in [0, 0.1) is 0 Å². The molecule has 1 aromatic heterocycles. The van der Waals surface area contributed by atoms with Crippen molar-refractivity contribution in [2.75, 3.05) is 0 Å². The van der Waals surface area contributed by atoms with E-state index in [0.29, 0.717) is 0 Å². The Balaban J connectivity index is 2.54. The van der Waals surface area contributed by atoms with Gasteiger partial charge in [0.15, 0.2) is 0 Å². The summed E-state index contributed by atoms with van der Waals surface area (Å²) in [5, 5.41) is 2.67. The van der Waals surface area contributed by atoms with Gasteiger partial charge in [-0.2, -0.15) is 0 Å². The summed E-state index contributed by atoms with van der Waals surface area (Å²) >= 11 is 6.26. The second-order valence-corrected chi connectivity index (χ2v) is 4.56. The van der Waals surface area contributed by atoms with Crippen molar-refractivity contribution in [3.05, 3.63) is 22.4 Å². The number of amides is 2. The number of hydrogen-bond acceptors (Lipinski definition) is 5. The molecule has 0 aliphatic heterocycles. The van der Waals surface area contributed by atoms with Crippen LogP contribution in [-0.4, -0.2) is 21.8 Å². The van der Waals surface area contributed by atoms with Crippen LogP contribution in [0.1, 0.15) is 11.3 Å². The molecule has 0 fully saturated rings. The van der Waals surface area contributed by atoms with Crippen molar-refractivity contribution < 1.29 is 9.59 Å². The Morgan fingerprint density at radius 1 is 1.50 bits per heavy atom. The van der Waals surface area contributed by atoms with Crippen molar-refractivity contribution in [3.63, 3.8) is 0 Å². The molecule has 0 aliphatic rings. The quantitative estimate of drug-likeness (QED) is 0.349. The molecule has 1 heterocycles. The predicted molar refractivity (Wildman–Crippen MR) is 65.5 cm³/mol. The molecule has 86 valence electrons. The number of hydrazine groups is 1. The molecule has 0 unspecified atom stereocenters. The lowest BCUT2D eigenvalue weighted by Gasteiger charge is -2.15. The fourth-order valence-corrected chi connectivity index (χ4v) is 1.96. The first kappa shape index (κ1) is 12.8. The summed E-state index contributed by atoms with van der Waals surface area (Å²) in [5.74, 6) is 4.50. The van der Waals surface area contributed by atoms with Gasteiger partial charge < -0.3 is 5.73 Å². The van der Waals surface area contributed by atoms with E-state index in [4.69, 9.17) is 23.8 Å². The Labute approximate surface area is 102 Å². The van der Waals surface area contributed by atoms with Gasteiger partial charge in [-0.15, -0.1) is 11.3 Å². The first-order chi connectivity index (χ1) is 7.50. The fraction of sp³-hybridized carbons (Fsp3) is 0.222. The highest BCUT2D eigenvalue weighted by Gasteiger charge is 2.16. The van der Waals surface area contributed by atoms with Crippen molar-refractivity contribution >= 4 is 40.4 Å². The molecule has 0 aromatic carbocycles. The van der Waals surface area contributed by atoms with Crippen LogP contribution in [0.2, 0.25) is 0 Å². The van der Waals surface area contributed by atoms with Gasteiger partial charge in [-0.1, -0.05) is 18.3 Å². The second-order valence-electron chi connectivity index (χ2n) is 3.06. The van der Waals surface area contributed by atoms with Crippen molar-refractivity contribution in [1.29, 1.82) is 0 Å². The summed E-state index contributed by atoms with van der Waals surface area (Å²) in [4.78, 5) is 23.1. The zero-order valence-corrected chi connectivity index (χ0v) is 10.0. The Morgan fingerprint density at radius 3 is 2.69 bits per heavy atom. The van der Waals surface area contributed by atoms with E-state index in [1.54, 1.807) is 0 Å². The van der Waals surface area contributed by atoms with E-state index in [2.05, 4.69) is 0 Å². The Morgan fingerprint density at radius 2 is 2.19 bits per heavy atom. The Kier molecular flexibility index (Phi) is 4.53. The molecule has 0 saturated carbocycles. The summed E-state index contributed by atoms with van der Waals surface area (Å²) in [5.41, 5.74) is 4.95. The largest absolute Gasteiger partial charge is 0.369 e.